The van der Waals surface area contributed by atoms with E-state index in [0.717, 1.165) is 24.7 Å². The van der Waals surface area contributed by atoms with E-state index < -0.39 is 40.2 Å². The molecule has 19 heavy (non-hydrogen) atoms. The molecule has 0 unspecified atom stereocenters. The lowest BCUT2D eigenvalue weighted by Gasteiger charge is -2.04. The summed E-state index contributed by atoms with van der Waals surface area (Å²) in [4.78, 5) is 29.9. The highest BCUT2D eigenvalue weighted by Gasteiger charge is 2.22. The predicted molar refractivity (Wildman–Crippen MR) is 58.8 cm³/mol. The van der Waals surface area contributed by atoms with Crippen LogP contribution in [0, 0.1) is 11.6 Å². The maximum Gasteiger partial charge on any atom is 0.339 e. The van der Waals surface area contributed by atoms with Crippen LogP contribution in [0.15, 0.2) is 30.7 Å². The number of carboxylic acid groups (broad SMARTS) is 1. The molecule has 0 bridgehead atoms. The maximum atomic E-state index is 13.5. The Morgan fingerprint density at radius 2 is 1.89 bits per heavy atom. The van der Waals surface area contributed by atoms with Gasteiger partial charge in [-0.15, -0.1) is 0 Å². The Morgan fingerprint density at radius 1 is 1.16 bits per heavy atom. The van der Waals surface area contributed by atoms with Gasteiger partial charge in [0, 0.05) is 6.20 Å². The number of carboxylic acids is 1. The van der Waals surface area contributed by atoms with Crippen LogP contribution >= 0.6 is 0 Å². The first-order valence-corrected chi connectivity index (χ1v) is 5.03. The van der Waals surface area contributed by atoms with Crippen LogP contribution in [0.1, 0.15) is 26.4 Å². The molecule has 2 rings (SSSR count). The van der Waals surface area contributed by atoms with Crippen molar-refractivity contribution in [2.24, 2.45) is 0 Å². The van der Waals surface area contributed by atoms with Gasteiger partial charge in [0.2, 0.25) is 5.78 Å². The summed E-state index contributed by atoms with van der Waals surface area (Å²) in [7, 11) is 0. The molecule has 0 fully saturated rings. The smallest absolute Gasteiger partial charge is 0.339 e. The highest BCUT2D eigenvalue weighted by Crippen LogP contribution is 2.16. The first-order valence-electron chi connectivity index (χ1n) is 5.03. The van der Waals surface area contributed by atoms with Crippen molar-refractivity contribution in [1.82, 2.24) is 9.97 Å². The summed E-state index contributed by atoms with van der Waals surface area (Å²) in [6.45, 7) is 0. The summed E-state index contributed by atoms with van der Waals surface area (Å²) in [5.41, 5.74) is -1.55. The number of rotatable bonds is 3. The van der Waals surface area contributed by atoms with E-state index in [1.54, 1.807) is 0 Å². The standard InChI is InChI=1S/C12H6F2N2O3/c13-6-1-2-9(14)7(3-6)11(17)10-8(12(18)19)4-15-5-16-10/h1-5H,(H,18,19). The molecule has 1 N–H and O–H groups in total. The van der Waals surface area contributed by atoms with Crippen LogP contribution in [-0.2, 0) is 0 Å². The lowest BCUT2D eigenvalue weighted by Crippen LogP contribution is -2.14. The van der Waals surface area contributed by atoms with Crippen LogP contribution < -0.4 is 0 Å². The molecule has 0 aliphatic carbocycles. The summed E-state index contributed by atoms with van der Waals surface area (Å²) >= 11 is 0. The Morgan fingerprint density at radius 3 is 2.58 bits per heavy atom. The maximum absolute atomic E-state index is 13.5. The number of ketones is 1. The average molecular weight is 264 g/mol. The quantitative estimate of drug-likeness (QED) is 0.853. The van der Waals surface area contributed by atoms with Gasteiger partial charge < -0.3 is 5.11 Å². The van der Waals surface area contributed by atoms with Gasteiger partial charge in [-0.05, 0) is 18.2 Å². The molecular weight excluding hydrogens is 258 g/mol. The van der Waals surface area contributed by atoms with E-state index >= 15 is 0 Å². The molecule has 0 saturated heterocycles. The van der Waals surface area contributed by atoms with E-state index in [4.69, 9.17) is 5.11 Å². The van der Waals surface area contributed by atoms with E-state index in [2.05, 4.69) is 9.97 Å². The van der Waals surface area contributed by atoms with Crippen LogP contribution in [-0.4, -0.2) is 26.8 Å². The summed E-state index contributed by atoms with van der Waals surface area (Å²) in [6, 6.07) is 2.32. The lowest BCUT2D eigenvalue weighted by molar-refractivity contribution is 0.0691. The van der Waals surface area contributed by atoms with E-state index in [9.17, 15) is 18.4 Å². The Labute approximate surface area is 105 Å². The minimum Gasteiger partial charge on any atom is -0.478 e. The molecule has 96 valence electrons. The zero-order chi connectivity index (χ0) is 14.0. The fourth-order valence-electron chi connectivity index (χ4n) is 1.47. The third-order valence-electron chi connectivity index (χ3n) is 2.33. The number of carbonyl (C=O) groups excluding carboxylic acids is 1. The van der Waals surface area contributed by atoms with Crippen molar-refractivity contribution in [2.45, 2.75) is 0 Å². The molecule has 2 aromatic rings. The third-order valence-corrected chi connectivity index (χ3v) is 2.33. The number of carbonyl (C=O) groups is 2. The van der Waals surface area contributed by atoms with Crippen molar-refractivity contribution in [3.05, 3.63) is 59.2 Å². The number of halogens is 2. The van der Waals surface area contributed by atoms with Gasteiger partial charge in [0.05, 0.1) is 5.56 Å². The molecule has 0 aliphatic rings. The largest absolute Gasteiger partial charge is 0.478 e. The molecule has 5 nitrogen and oxygen atoms in total. The SMILES string of the molecule is O=C(O)c1cncnc1C(=O)c1cc(F)ccc1F. The van der Waals surface area contributed by atoms with Crippen molar-refractivity contribution < 1.29 is 23.5 Å². The zero-order valence-electron chi connectivity index (χ0n) is 9.30. The van der Waals surface area contributed by atoms with Crippen LogP contribution in [0.4, 0.5) is 8.78 Å². The van der Waals surface area contributed by atoms with Gasteiger partial charge in [0.15, 0.2) is 0 Å². The minimum absolute atomic E-state index is 0.476. The van der Waals surface area contributed by atoms with Crippen molar-refractivity contribution in [3.8, 4) is 0 Å². The zero-order valence-corrected chi connectivity index (χ0v) is 9.30. The van der Waals surface area contributed by atoms with Gasteiger partial charge in [0.1, 0.15) is 29.2 Å². The summed E-state index contributed by atoms with van der Waals surface area (Å²) < 4.78 is 26.5. The second-order valence-electron chi connectivity index (χ2n) is 3.54. The normalized spacial score (nSPS) is 10.2. The van der Waals surface area contributed by atoms with Crippen LogP contribution in [0.25, 0.3) is 0 Å². The fraction of sp³-hybridized carbons (Fsp3) is 0. The minimum atomic E-state index is -1.43. The molecule has 0 spiro atoms. The molecule has 7 heteroatoms. The Balaban J connectivity index is 2.56. The van der Waals surface area contributed by atoms with E-state index in [-0.39, 0.29) is 0 Å². The van der Waals surface area contributed by atoms with E-state index in [1.165, 1.54) is 0 Å². The molecule has 1 aromatic carbocycles. The van der Waals surface area contributed by atoms with Gasteiger partial charge in [-0.25, -0.2) is 23.5 Å². The van der Waals surface area contributed by atoms with Crippen molar-refractivity contribution >= 4 is 11.8 Å². The summed E-state index contributed by atoms with van der Waals surface area (Å²) in [5, 5.41) is 8.89. The third kappa shape index (κ3) is 2.44. The van der Waals surface area contributed by atoms with Crippen LogP contribution in [0.3, 0.4) is 0 Å². The fourth-order valence-corrected chi connectivity index (χ4v) is 1.47. The topological polar surface area (TPSA) is 80.2 Å². The molecule has 1 aromatic heterocycles. The number of aromatic nitrogens is 2. The number of hydrogen-bond acceptors (Lipinski definition) is 4. The molecule has 1 heterocycles. The van der Waals surface area contributed by atoms with Crippen molar-refractivity contribution in [2.75, 3.05) is 0 Å². The first kappa shape index (κ1) is 12.7. The molecule has 0 amide bonds. The second kappa shape index (κ2) is 4.89. The van der Waals surface area contributed by atoms with Crippen LogP contribution in [0.5, 0.6) is 0 Å². The number of aromatic carboxylic acids is 1. The Hall–Kier alpha value is -2.70. The molecular formula is C12H6F2N2O3. The van der Waals surface area contributed by atoms with E-state index in [1.807, 2.05) is 0 Å². The van der Waals surface area contributed by atoms with Crippen molar-refractivity contribution in [3.63, 3.8) is 0 Å². The summed E-state index contributed by atoms with van der Waals surface area (Å²) in [5.74, 6) is -4.21. The van der Waals surface area contributed by atoms with Gasteiger partial charge in [-0.1, -0.05) is 0 Å². The second-order valence-corrected chi connectivity index (χ2v) is 3.54. The average Bonchev–Trinajstić information content (AvgIpc) is 2.40. The lowest BCUT2D eigenvalue weighted by atomic mass is 10.0. The Bertz CT molecular complexity index is 674. The van der Waals surface area contributed by atoms with Gasteiger partial charge >= 0.3 is 5.97 Å². The molecule has 0 radical (unpaired) electrons. The highest BCUT2D eigenvalue weighted by atomic mass is 19.1. The van der Waals surface area contributed by atoms with Gasteiger partial charge in [-0.2, -0.15) is 0 Å². The number of hydrogen-bond donors (Lipinski definition) is 1. The molecule has 0 saturated carbocycles. The number of nitrogens with zero attached hydrogens (tertiary/aromatic N) is 2. The molecule has 0 atom stereocenters. The first-order chi connectivity index (χ1) is 9.00. The summed E-state index contributed by atoms with van der Waals surface area (Å²) in [6.07, 6.45) is 1.87. The predicted octanol–water partition coefficient (Wildman–Crippen LogP) is 1.68. The highest BCUT2D eigenvalue weighted by molar-refractivity contribution is 6.12. The van der Waals surface area contributed by atoms with Gasteiger partial charge in [-0.3, -0.25) is 4.79 Å². The van der Waals surface area contributed by atoms with Crippen molar-refractivity contribution in [1.29, 1.82) is 0 Å². The van der Waals surface area contributed by atoms with Gasteiger partial charge in [0.25, 0.3) is 0 Å². The number of benzene rings is 1. The molecule has 0 aliphatic heterocycles. The van der Waals surface area contributed by atoms with Crippen LogP contribution in [0.2, 0.25) is 0 Å². The Kier molecular flexibility index (Phi) is 3.28. The van der Waals surface area contributed by atoms with E-state index in [0.29, 0.717) is 6.07 Å². The monoisotopic (exact) mass is 264 g/mol.